The molecule has 1 aliphatic heterocycles. The van der Waals surface area contributed by atoms with E-state index in [0.717, 1.165) is 0 Å². The third-order valence-electron chi connectivity index (χ3n) is 2.75. The third kappa shape index (κ3) is 1.39. The van der Waals surface area contributed by atoms with Gasteiger partial charge in [0.15, 0.2) is 0 Å². The van der Waals surface area contributed by atoms with Crippen molar-refractivity contribution in [2.45, 2.75) is 25.3 Å². The Kier molecular flexibility index (Phi) is 2.17. The molecule has 0 bridgehead atoms. The minimum atomic E-state index is 0.633. The molecule has 2 rings (SSSR count). The summed E-state index contributed by atoms with van der Waals surface area (Å²) in [6.07, 6.45) is 6.04. The predicted octanol–water partition coefficient (Wildman–Crippen LogP) is 2.17. The number of aromatic amines is 1. The molecule has 2 heteroatoms. The molecule has 0 radical (unpaired) electrons. The largest absolute Gasteiger partial charge is 0.364 e. The highest BCUT2D eigenvalue weighted by Gasteiger charge is 2.20. The molecule has 1 aromatic rings. The maximum atomic E-state index is 3.30. The lowest BCUT2D eigenvalue weighted by atomic mass is 10.0. The Labute approximate surface area is 73.6 Å². The molecule has 2 heterocycles. The number of rotatable bonds is 1. The molecule has 1 atom stereocenters. The van der Waals surface area contributed by atoms with Gasteiger partial charge in [-0.05, 0) is 38.6 Å². The second-order valence-electron chi connectivity index (χ2n) is 3.62. The summed E-state index contributed by atoms with van der Waals surface area (Å²) >= 11 is 0. The van der Waals surface area contributed by atoms with Crippen molar-refractivity contribution < 1.29 is 0 Å². The van der Waals surface area contributed by atoms with Gasteiger partial charge in [0.2, 0.25) is 0 Å². The quantitative estimate of drug-likeness (QED) is 0.674. The number of likely N-dealkylation sites (tertiary alicyclic amines) is 1. The molecule has 1 aliphatic rings. The van der Waals surface area contributed by atoms with Gasteiger partial charge in [0.25, 0.3) is 0 Å². The molecule has 0 amide bonds. The van der Waals surface area contributed by atoms with E-state index in [-0.39, 0.29) is 0 Å². The monoisotopic (exact) mass is 164 g/mol. The maximum Gasteiger partial charge on any atom is 0.0495 e. The van der Waals surface area contributed by atoms with E-state index in [1.54, 1.807) is 0 Å². The fourth-order valence-corrected chi connectivity index (χ4v) is 2.02. The molecule has 2 nitrogen and oxygen atoms in total. The number of nitrogens with one attached hydrogen (secondary N) is 1. The maximum absolute atomic E-state index is 3.30. The molecule has 12 heavy (non-hydrogen) atoms. The predicted molar refractivity (Wildman–Crippen MR) is 50.0 cm³/mol. The lowest BCUT2D eigenvalue weighted by Gasteiger charge is -2.31. The van der Waals surface area contributed by atoms with Crippen LogP contribution in [0.3, 0.4) is 0 Å². The van der Waals surface area contributed by atoms with Crippen LogP contribution in [0.2, 0.25) is 0 Å². The summed E-state index contributed by atoms with van der Waals surface area (Å²) in [7, 11) is 2.21. The Bertz CT molecular complexity index is 228. The first kappa shape index (κ1) is 7.87. The minimum Gasteiger partial charge on any atom is -0.364 e. The second-order valence-corrected chi connectivity index (χ2v) is 3.62. The number of aromatic nitrogens is 1. The van der Waals surface area contributed by atoms with Crippen LogP contribution in [-0.2, 0) is 0 Å². The molecule has 0 saturated carbocycles. The van der Waals surface area contributed by atoms with Crippen LogP contribution in [0.4, 0.5) is 0 Å². The standard InChI is InChI=1S/C10H16N2/c1-12-8-3-2-6-10(12)9-5-4-7-11-9/h4-5,7,10-11H,2-3,6,8H2,1H3. The first-order valence-electron chi connectivity index (χ1n) is 4.71. The third-order valence-corrected chi connectivity index (χ3v) is 2.75. The van der Waals surface area contributed by atoms with Gasteiger partial charge >= 0.3 is 0 Å². The first-order chi connectivity index (χ1) is 5.88. The Morgan fingerprint density at radius 2 is 2.42 bits per heavy atom. The number of hydrogen-bond donors (Lipinski definition) is 1. The van der Waals surface area contributed by atoms with Gasteiger partial charge in [0.1, 0.15) is 0 Å². The molecule has 1 N–H and O–H groups in total. The van der Waals surface area contributed by atoms with E-state index in [4.69, 9.17) is 0 Å². The smallest absolute Gasteiger partial charge is 0.0495 e. The van der Waals surface area contributed by atoms with Crippen LogP contribution in [0.1, 0.15) is 31.0 Å². The van der Waals surface area contributed by atoms with Crippen molar-refractivity contribution in [1.29, 1.82) is 0 Å². The van der Waals surface area contributed by atoms with Crippen LogP contribution < -0.4 is 0 Å². The molecule has 1 saturated heterocycles. The second kappa shape index (κ2) is 3.31. The highest BCUT2D eigenvalue weighted by Crippen LogP contribution is 2.27. The van der Waals surface area contributed by atoms with E-state index in [1.165, 1.54) is 31.5 Å². The van der Waals surface area contributed by atoms with Gasteiger partial charge in [-0.25, -0.2) is 0 Å². The van der Waals surface area contributed by atoms with E-state index in [1.807, 2.05) is 6.20 Å². The fourth-order valence-electron chi connectivity index (χ4n) is 2.02. The average Bonchev–Trinajstić information content (AvgIpc) is 2.57. The molecule has 66 valence electrons. The Balaban J connectivity index is 2.11. The number of nitrogens with zero attached hydrogens (tertiary/aromatic N) is 1. The zero-order valence-electron chi connectivity index (χ0n) is 7.59. The summed E-state index contributed by atoms with van der Waals surface area (Å²) in [5.74, 6) is 0. The van der Waals surface area contributed by atoms with Crippen molar-refractivity contribution >= 4 is 0 Å². The summed E-state index contributed by atoms with van der Waals surface area (Å²) in [5.41, 5.74) is 1.37. The van der Waals surface area contributed by atoms with Gasteiger partial charge in [0.05, 0.1) is 0 Å². The highest BCUT2D eigenvalue weighted by atomic mass is 15.1. The van der Waals surface area contributed by atoms with Gasteiger partial charge in [0, 0.05) is 17.9 Å². The SMILES string of the molecule is CN1CCCCC1c1ccc[nH]1. The zero-order chi connectivity index (χ0) is 8.39. The van der Waals surface area contributed by atoms with E-state index in [0.29, 0.717) is 6.04 Å². The van der Waals surface area contributed by atoms with Crippen LogP contribution in [0.25, 0.3) is 0 Å². The Morgan fingerprint density at radius 1 is 1.50 bits per heavy atom. The average molecular weight is 164 g/mol. The summed E-state index contributed by atoms with van der Waals surface area (Å²) in [6, 6.07) is 4.90. The zero-order valence-corrected chi connectivity index (χ0v) is 7.59. The van der Waals surface area contributed by atoms with Gasteiger partial charge in [-0.1, -0.05) is 6.42 Å². The van der Waals surface area contributed by atoms with Crippen molar-refractivity contribution in [1.82, 2.24) is 9.88 Å². The van der Waals surface area contributed by atoms with Gasteiger partial charge < -0.3 is 4.98 Å². The molecule has 0 spiro atoms. The Hall–Kier alpha value is -0.760. The van der Waals surface area contributed by atoms with E-state index >= 15 is 0 Å². The van der Waals surface area contributed by atoms with Crippen molar-refractivity contribution in [2.75, 3.05) is 13.6 Å². The normalized spacial score (nSPS) is 25.9. The summed E-state index contributed by atoms with van der Waals surface area (Å²) in [4.78, 5) is 5.74. The number of hydrogen-bond acceptors (Lipinski definition) is 1. The molecule has 1 aromatic heterocycles. The molecular formula is C10H16N2. The van der Waals surface area contributed by atoms with Crippen molar-refractivity contribution in [3.8, 4) is 0 Å². The molecule has 1 unspecified atom stereocenters. The lowest BCUT2D eigenvalue weighted by molar-refractivity contribution is 0.184. The van der Waals surface area contributed by atoms with Crippen LogP contribution in [0.5, 0.6) is 0 Å². The molecule has 0 aromatic carbocycles. The minimum absolute atomic E-state index is 0.633. The van der Waals surface area contributed by atoms with E-state index < -0.39 is 0 Å². The summed E-state index contributed by atoms with van der Waals surface area (Å²) < 4.78 is 0. The Morgan fingerprint density at radius 3 is 3.08 bits per heavy atom. The van der Waals surface area contributed by atoms with Gasteiger partial charge in [-0.2, -0.15) is 0 Å². The van der Waals surface area contributed by atoms with Crippen molar-refractivity contribution in [2.24, 2.45) is 0 Å². The number of H-pyrrole nitrogens is 1. The summed E-state index contributed by atoms with van der Waals surface area (Å²) in [6.45, 7) is 1.24. The fraction of sp³-hybridized carbons (Fsp3) is 0.600. The highest BCUT2D eigenvalue weighted by molar-refractivity contribution is 5.09. The molecular weight excluding hydrogens is 148 g/mol. The van der Waals surface area contributed by atoms with Crippen LogP contribution in [0.15, 0.2) is 18.3 Å². The van der Waals surface area contributed by atoms with Gasteiger partial charge in [-0.15, -0.1) is 0 Å². The summed E-state index contributed by atoms with van der Waals surface area (Å²) in [5, 5.41) is 0. The van der Waals surface area contributed by atoms with Crippen molar-refractivity contribution in [3.63, 3.8) is 0 Å². The van der Waals surface area contributed by atoms with Gasteiger partial charge in [-0.3, -0.25) is 4.90 Å². The lowest BCUT2D eigenvalue weighted by Crippen LogP contribution is -2.29. The molecule has 1 fully saturated rings. The van der Waals surface area contributed by atoms with Crippen LogP contribution in [0, 0.1) is 0 Å². The van der Waals surface area contributed by atoms with E-state index in [2.05, 4.69) is 29.1 Å². The first-order valence-corrected chi connectivity index (χ1v) is 4.71. The van der Waals surface area contributed by atoms with E-state index in [9.17, 15) is 0 Å². The van der Waals surface area contributed by atoms with Crippen LogP contribution >= 0.6 is 0 Å². The van der Waals surface area contributed by atoms with Crippen LogP contribution in [-0.4, -0.2) is 23.5 Å². The topological polar surface area (TPSA) is 19.0 Å². The number of piperidine rings is 1. The molecule has 0 aliphatic carbocycles. The van der Waals surface area contributed by atoms with Crippen molar-refractivity contribution in [3.05, 3.63) is 24.0 Å².